The normalized spacial score (nSPS) is 19.7. The number of sulfone groups is 1. The van der Waals surface area contributed by atoms with Gasteiger partial charge in [0.15, 0.2) is 9.84 Å². The maximum absolute atomic E-state index is 11.8. The molecule has 0 radical (unpaired) electrons. The van der Waals surface area contributed by atoms with E-state index in [-0.39, 0.29) is 23.5 Å². The molecule has 128 valence electrons. The average molecular weight is 379 g/mol. The van der Waals surface area contributed by atoms with Crippen molar-refractivity contribution in [3.05, 3.63) is 33.8 Å². The van der Waals surface area contributed by atoms with E-state index in [0.717, 1.165) is 12.0 Å². The summed E-state index contributed by atoms with van der Waals surface area (Å²) in [5, 5.41) is 7.19. The van der Waals surface area contributed by atoms with E-state index >= 15 is 0 Å². The molecule has 1 aromatic rings. The third-order valence-corrected chi connectivity index (χ3v) is 6.07. The molecule has 0 saturated carbocycles. The van der Waals surface area contributed by atoms with Crippen molar-refractivity contribution in [2.24, 2.45) is 0 Å². The largest absolute Gasteiger partial charge is 0.352 e. The molecule has 1 heterocycles. The topological polar surface area (TPSA) is 75.3 Å². The summed E-state index contributed by atoms with van der Waals surface area (Å²) in [5.41, 5.74) is 1.00. The van der Waals surface area contributed by atoms with E-state index in [4.69, 9.17) is 23.2 Å². The van der Waals surface area contributed by atoms with Gasteiger partial charge in [-0.05, 0) is 37.1 Å². The molecule has 1 aliphatic heterocycles. The van der Waals surface area contributed by atoms with Gasteiger partial charge in [-0.15, -0.1) is 0 Å². The van der Waals surface area contributed by atoms with Crippen molar-refractivity contribution in [3.8, 4) is 0 Å². The first-order valence-electron chi connectivity index (χ1n) is 7.50. The van der Waals surface area contributed by atoms with Gasteiger partial charge in [-0.2, -0.15) is 0 Å². The Bertz CT molecular complexity index is 665. The highest BCUT2D eigenvalue weighted by atomic mass is 35.5. The summed E-state index contributed by atoms with van der Waals surface area (Å²) in [7, 11) is -2.96. The molecule has 0 bridgehead atoms. The first kappa shape index (κ1) is 18.5. The fourth-order valence-electron chi connectivity index (χ4n) is 2.48. The first-order valence-corrected chi connectivity index (χ1v) is 10.1. The van der Waals surface area contributed by atoms with E-state index in [2.05, 4.69) is 10.6 Å². The Hall–Kier alpha value is -0.820. The van der Waals surface area contributed by atoms with E-state index in [1.54, 1.807) is 12.1 Å². The first-order chi connectivity index (χ1) is 10.9. The molecule has 5 nitrogen and oxygen atoms in total. The number of amides is 1. The Morgan fingerprint density at radius 3 is 2.70 bits per heavy atom. The molecule has 1 atom stereocenters. The maximum atomic E-state index is 11.8. The zero-order chi connectivity index (χ0) is 16.9. The van der Waals surface area contributed by atoms with Crippen LogP contribution in [-0.4, -0.2) is 45.0 Å². The quantitative estimate of drug-likeness (QED) is 0.709. The van der Waals surface area contributed by atoms with Gasteiger partial charge in [-0.1, -0.05) is 29.3 Å². The van der Waals surface area contributed by atoms with E-state index in [1.165, 1.54) is 0 Å². The number of carbonyl (C=O) groups excluding carboxylic acids is 1. The smallest absolute Gasteiger partial charge is 0.221 e. The summed E-state index contributed by atoms with van der Waals surface area (Å²) < 4.78 is 22.6. The predicted octanol–water partition coefficient (Wildman–Crippen LogP) is 1.82. The highest BCUT2D eigenvalue weighted by Crippen LogP contribution is 2.21. The summed E-state index contributed by atoms with van der Waals surface area (Å²) in [5.74, 6) is 0.100. The van der Waals surface area contributed by atoms with E-state index < -0.39 is 9.84 Å². The van der Waals surface area contributed by atoms with Crippen molar-refractivity contribution in [3.63, 3.8) is 0 Å². The number of hydrogen-bond donors (Lipinski definition) is 2. The molecule has 8 heteroatoms. The van der Waals surface area contributed by atoms with E-state index in [9.17, 15) is 13.2 Å². The minimum absolute atomic E-state index is 0.0568. The molecule has 1 aliphatic rings. The summed E-state index contributed by atoms with van der Waals surface area (Å²) in [6, 6.07) is 5.16. The maximum Gasteiger partial charge on any atom is 0.221 e. The summed E-state index contributed by atoms with van der Waals surface area (Å²) in [4.78, 5) is 11.8. The second-order valence-electron chi connectivity index (χ2n) is 5.65. The number of halogens is 2. The highest BCUT2D eigenvalue weighted by molar-refractivity contribution is 7.91. The molecule has 1 amide bonds. The van der Waals surface area contributed by atoms with Gasteiger partial charge in [-0.3, -0.25) is 4.79 Å². The lowest BCUT2D eigenvalue weighted by Gasteiger charge is -2.11. The predicted molar refractivity (Wildman–Crippen MR) is 92.9 cm³/mol. The van der Waals surface area contributed by atoms with E-state index in [0.29, 0.717) is 36.0 Å². The van der Waals surface area contributed by atoms with E-state index in [1.807, 2.05) is 6.07 Å². The second kappa shape index (κ2) is 8.33. The van der Waals surface area contributed by atoms with Crippen LogP contribution < -0.4 is 10.6 Å². The minimum atomic E-state index is -2.96. The van der Waals surface area contributed by atoms with Gasteiger partial charge in [0.25, 0.3) is 0 Å². The van der Waals surface area contributed by atoms with Crippen molar-refractivity contribution in [1.82, 2.24) is 10.6 Å². The molecular formula is C15H20Cl2N2O3S. The van der Waals surface area contributed by atoms with Gasteiger partial charge in [0.1, 0.15) is 0 Å². The summed E-state index contributed by atoms with van der Waals surface area (Å²) in [6.07, 6.45) is 1.58. The Kier molecular flexibility index (Phi) is 6.71. The van der Waals surface area contributed by atoms with Crippen LogP contribution in [0, 0.1) is 0 Å². The average Bonchev–Trinajstić information content (AvgIpc) is 2.79. The zero-order valence-electron chi connectivity index (χ0n) is 12.6. The van der Waals surface area contributed by atoms with Crippen LogP contribution in [-0.2, 0) is 21.1 Å². The number of hydrogen-bond acceptors (Lipinski definition) is 4. The number of carbonyl (C=O) groups is 1. The van der Waals surface area contributed by atoms with Crippen molar-refractivity contribution in [1.29, 1.82) is 0 Å². The van der Waals surface area contributed by atoms with Crippen molar-refractivity contribution in [2.75, 3.05) is 24.6 Å². The van der Waals surface area contributed by atoms with Gasteiger partial charge >= 0.3 is 0 Å². The van der Waals surface area contributed by atoms with Crippen LogP contribution in [0.15, 0.2) is 18.2 Å². The lowest BCUT2D eigenvalue weighted by Crippen LogP contribution is -2.37. The molecular weight excluding hydrogens is 359 g/mol. The summed E-state index contributed by atoms with van der Waals surface area (Å²) in [6.45, 7) is 1.24. The third-order valence-electron chi connectivity index (χ3n) is 3.71. The SMILES string of the molecule is O=C(CCNCCc1ccc(Cl)cc1Cl)NC1CCS(=O)(=O)C1. The Balaban J connectivity index is 1.61. The Labute approximate surface area is 146 Å². The number of nitrogens with one attached hydrogen (secondary N) is 2. The number of benzene rings is 1. The van der Waals surface area contributed by atoms with Crippen LogP contribution in [0.3, 0.4) is 0 Å². The van der Waals surface area contributed by atoms with Crippen LogP contribution in [0.4, 0.5) is 0 Å². The molecule has 1 aromatic carbocycles. The molecule has 1 saturated heterocycles. The molecule has 0 aliphatic carbocycles. The molecule has 23 heavy (non-hydrogen) atoms. The third kappa shape index (κ3) is 6.30. The van der Waals surface area contributed by atoms with Crippen LogP contribution in [0.1, 0.15) is 18.4 Å². The summed E-state index contributed by atoms with van der Waals surface area (Å²) >= 11 is 11.9. The van der Waals surface area contributed by atoms with Crippen LogP contribution >= 0.6 is 23.2 Å². The zero-order valence-corrected chi connectivity index (χ0v) is 15.0. The monoisotopic (exact) mass is 378 g/mol. The molecule has 1 fully saturated rings. The fourth-order valence-corrected chi connectivity index (χ4v) is 4.66. The molecule has 2 rings (SSSR count). The molecule has 0 spiro atoms. The lowest BCUT2D eigenvalue weighted by molar-refractivity contribution is -0.121. The van der Waals surface area contributed by atoms with Crippen molar-refractivity contribution in [2.45, 2.75) is 25.3 Å². The van der Waals surface area contributed by atoms with Crippen molar-refractivity contribution >= 4 is 38.9 Å². The fraction of sp³-hybridized carbons (Fsp3) is 0.533. The van der Waals surface area contributed by atoms with Gasteiger partial charge in [0.05, 0.1) is 11.5 Å². The molecule has 1 unspecified atom stereocenters. The van der Waals surface area contributed by atoms with Crippen molar-refractivity contribution < 1.29 is 13.2 Å². The van der Waals surface area contributed by atoms with Gasteiger partial charge in [-0.25, -0.2) is 8.42 Å². The highest BCUT2D eigenvalue weighted by Gasteiger charge is 2.28. The van der Waals surface area contributed by atoms with Crippen LogP contribution in [0.25, 0.3) is 0 Å². The minimum Gasteiger partial charge on any atom is -0.352 e. The van der Waals surface area contributed by atoms with Gasteiger partial charge < -0.3 is 10.6 Å². The number of rotatable bonds is 7. The van der Waals surface area contributed by atoms with Crippen LogP contribution in [0.5, 0.6) is 0 Å². The van der Waals surface area contributed by atoms with Gasteiger partial charge in [0, 0.05) is 29.1 Å². The Morgan fingerprint density at radius 2 is 2.04 bits per heavy atom. The molecule has 0 aromatic heterocycles. The molecule has 2 N–H and O–H groups in total. The van der Waals surface area contributed by atoms with Crippen LogP contribution in [0.2, 0.25) is 10.0 Å². The van der Waals surface area contributed by atoms with Gasteiger partial charge in [0.2, 0.25) is 5.91 Å². The second-order valence-corrected chi connectivity index (χ2v) is 8.73. The Morgan fingerprint density at radius 1 is 1.26 bits per heavy atom. The lowest BCUT2D eigenvalue weighted by atomic mass is 10.1. The standard InChI is InChI=1S/C15H20Cl2N2O3S/c16-12-2-1-11(14(17)9-12)3-6-18-7-4-15(20)19-13-5-8-23(21,22)10-13/h1-2,9,13,18H,3-8,10H2,(H,19,20).